The Hall–Kier alpha value is -0.860. The predicted octanol–water partition coefficient (Wildman–Crippen LogP) is 3.33. The van der Waals surface area contributed by atoms with E-state index in [2.05, 4.69) is 54.4 Å². The first-order valence-corrected chi connectivity index (χ1v) is 8.72. The van der Waals surface area contributed by atoms with Crippen LogP contribution in [0.2, 0.25) is 0 Å². The zero-order valence-corrected chi connectivity index (χ0v) is 13.6. The van der Waals surface area contributed by atoms with Crippen LogP contribution in [0.3, 0.4) is 0 Å². The van der Waals surface area contributed by atoms with Crippen molar-refractivity contribution in [2.24, 2.45) is 11.8 Å². The molecule has 0 aromatic heterocycles. The van der Waals surface area contributed by atoms with E-state index in [4.69, 9.17) is 0 Å². The summed E-state index contributed by atoms with van der Waals surface area (Å²) < 4.78 is 0. The molecule has 0 radical (unpaired) electrons. The number of rotatable bonds is 6. The van der Waals surface area contributed by atoms with Crippen molar-refractivity contribution in [1.29, 1.82) is 0 Å². The summed E-state index contributed by atoms with van der Waals surface area (Å²) in [5, 5.41) is 3.81. The number of nitrogens with one attached hydrogen (secondary N) is 1. The molecule has 1 N–H and O–H groups in total. The first-order valence-electron chi connectivity index (χ1n) is 8.72. The lowest BCUT2D eigenvalue weighted by molar-refractivity contribution is 0.108. The van der Waals surface area contributed by atoms with Gasteiger partial charge in [0.15, 0.2) is 0 Å². The van der Waals surface area contributed by atoms with Gasteiger partial charge in [0.1, 0.15) is 0 Å². The van der Waals surface area contributed by atoms with Crippen LogP contribution in [0.4, 0.5) is 0 Å². The summed E-state index contributed by atoms with van der Waals surface area (Å²) in [5.74, 6) is 1.79. The smallest absolute Gasteiger partial charge is 0.0236 e. The van der Waals surface area contributed by atoms with E-state index in [1.165, 1.54) is 44.5 Å². The summed E-state index contributed by atoms with van der Waals surface area (Å²) in [6.07, 6.45) is 5.41. The van der Waals surface area contributed by atoms with Gasteiger partial charge in [0.2, 0.25) is 0 Å². The fraction of sp³-hybridized carbons (Fsp3) is 0.684. The average molecular weight is 286 g/mol. The highest BCUT2D eigenvalue weighted by Gasteiger charge is 2.32. The van der Waals surface area contributed by atoms with Crippen LogP contribution in [0, 0.1) is 11.8 Å². The maximum absolute atomic E-state index is 3.81. The van der Waals surface area contributed by atoms with E-state index in [1.807, 2.05) is 0 Å². The van der Waals surface area contributed by atoms with Crippen LogP contribution in [0.15, 0.2) is 30.3 Å². The minimum atomic E-state index is 0.620. The molecule has 2 atom stereocenters. The summed E-state index contributed by atoms with van der Waals surface area (Å²) in [5.41, 5.74) is 1.46. The van der Waals surface area contributed by atoms with Gasteiger partial charge in [-0.3, -0.25) is 4.90 Å². The highest BCUT2D eigenvalue weighted by molar-refractivity contribution is 5.16. The molecule has 2 fully saturated rings. The Morgan fingerprint density at radius 2 is 1.95 bits per heavy atom. The molecule has 0 spiro atoms. The highest BCUT2D eigenvalue weighted by Crippen LogP contribution is 2.31. The Morgan fingerprint density at radius 3 is 2.62 bits per heavy atom. The molecule has 1 saturated carbocycles. The summed E-state index contributed by atoms with van der Waals surface area (Å²) >= 11 is 0. The maximum Gasteiger partial charge on any atom is 0.0236 e. The molecule has 1 aromatic carbocycles. The number of hydrogen-bond donors (Lipinski definition) is 1. The van der Waals surface area contributed by atoms with Gasteiger partial charge in [-0.2, -0.15) is 0 Å². The van der Waals surface area contributed by atoms with E-state index in [-0.39, 0.29) is 0 Å². The van der Waals surface area contributed by atoms with Crippen molar-refractivity contribution in [2.75, 3.05) is 19.6 Å². The predicted molar refractivity (Wildman–Crippen MR) is 89.5 cm³/mol. The number of piperazine rings is 1. The molecule has 1 aliphatic carbocycles. The molecule has 116 valence electrons. The quantitative estimate of drug-likeness (QED) is 0.863. The fourth-order valence-electron chi connectivity index (χ4n) is 3.60. The maximum atomic E-state index is 3.81. The summed E-state index contributed by atoms with van der Waals surface area (Å²) in [6, 6.07) is 12.3. The average Bonchev–Trinajstić information content (AvgIpc) is 3.26. The molecule has 0 bridgehead atoms. The summed E-state index contributed by atoms with van der Waals surface area (Å²) in [7, 11) is 0. The lowest BCUT2D eigenvalue weighted by atomic mass is 9.96. The van der Waals surface area contributed by atoms with Crippen molar-refractivity contribution in [3.8, 4) is 0 Å². The lowest BCUT2D eigenvalue weighted by Crippen LogP contribution is -2.57. The van der Waals surface area contributed by atoms with Crippen molar-refractivity contribution in [2.45, 2.75) is 51.6 Å². The van der Waals surface area contributed by atoms with Crippen molar-refractivity contribution >= 4 is 0 Å². The third-order valence-corrected chi connectivity index (χ3v) is 4.87. The van der Waals surface area contributed by atoms with Gasteiger partial charge >= 0.3 is 0 Å². The number of nitrogens with zero attached hydrogens (tertiary/aromatic N) is 1. The van der Waals surface area contributed by atoms with Crippen LogP contribution in [-0.2, 0) is 6.42 Å². The monoisotopic (exact) mass is 286 g/mol. The van der Waals surface area contributed by atoms with Crippen LogP contribution in [0.25, 0.3) is 0 Å². The molecule has 1 aromatic rings. The van der Waals surface area contributed by atoms with Gasteiger partial charge in [0, 0.05) is 31.7 Å². The molecule has 1 saturated heterocycles. The first kappa shape index (κ1) is 15.1. The normalized spacial score (nSPS) is 27.2. The van der Waals surface area contributed by atoms with Gasteiger partial charge in [-0.25, -0.2) is 0 Å². The Bertz CT molecular complexity index is 424. The van der Waals surface area contributed by atoms with E-state index in [1.54, 1.807) is 0 Å². The van der Waals surface area contributed by atoms with E-state index in [0.29, 0.717) is 6.04 Å². The van der Waals surface area contributed by atoms with Gasteiger partial charge in [0.25, 0.3) is 0 Å². The third kappa shape index (κ3) is 4.55. The van der Waals surface area contributed by atoms with E-state index < -0.39 is 0 Å². The number of hydrogen-bond acceptors (Lipinski definition) is 2. The minimum absolute atomic E-state index is 0.620. The topological polar surface area (TPSA) is 15.3 Å². The molecule has 2 heteroatoms. The van der Waals surface area contributed by atoms with E-state index >= 15 is 0 Å². The molecule has 1 aliphatic heterocycles. The summed E-state index contributed by atoms with van der Waals surface area (Å²) in [6.45, 7) is 8.44. The van der Waals surface area contributed by atoms with Gasteiger partial charge in [0.05, 0.1) is 0 Å². The van der Waals surface area contributed by atoms with Crippen LogP contribution in [-0.4, -0.2) is 36.6 Å². The summed E-state index contributed by atoms with van der Waals surface area (Å²) in [4.78, 5) is 2.79. The third-order valence-electron chi connectivity index (χ3n) is 4.87. The Labute approximate surface area is 129 Å². The molecule has 2 nitrogen and oxygen atoms in total. The molecule has 2 aliphatic rings. The Kier molecular flexibility index (Phi) is 4.97. The molecular weight excluding hydrogens is 256 g/mol. The van der Waals surface area contributed by atoms with E-state index in [9.17, 15) is 0 Å². The van der Waals surface area contributed by atoms with Crippen molar-refractivity contribution in [1.82, 2.24) is 10.2 Å². The molecule has 21 heavy (non-hydrogen) atoms. The van der Waals surface area contributed by atoms with Crippen LogP contribution in [0.1, 0.15) is 38.7 Å². The molecular formula is C19H30N2. The molecule has 1 heterocycles. The number of benzene rings is 1. The zero-order chi connectivity index (χ0) is 14.7. The first-order chi connectivity index (χ1) is 10.2. The van der Waals surface area contributed by atoms with E-state index in [0.717, 1.165) is 24.3 Å². The second-order valence-corrected chi connectivity index (χ2v) is 7.48. The lowest BCUT2D eigenvalue weighted by Gasteiger charge is -2.41. The zero-order valence-electron chi connectivity index (χ0n) is 13.6. The van der Waals surface area contributed by atoms with Gasteiger partial charge in [-0.1, -0.05) is 44.2 Å². The standard InChI is InChI=1S/C19H30N2/c1-15(2)10-19-12-20-18(11-16-6-4-3-5-7-16)14-21(19)13-17-8-9-17/h3-7,15,17-20H,8-14H2,1-2H3. The van der Waals surface area contributed by atoms with Crippen molar-refractivity contribution in [3.63, 3.8) is 0 Å². The SMILES string of the molecule is CC(C)CC1CNC(Cc2ccccc2)CN1CC1CC1. The Balaban J connectivity index is 1.58. The van der Waals surface area contributed by atoms with Crippen molar-refractivity contribution in [3.05, 3.63) is 35.9 Å². The van der Waals surface area contributed by atoms with Crippen LogP contribution >= 0.6 is 0 Å². The Morgan fingerprint density at radius 1 is 1.19 bits per heavy atom. The second-order valence-electron chi connectivity index (χ2n) is 7.48. The van der Waals surface area contributed by atoms with Crippen molar-refractivity contribution < 1.29 is 0 Å². The molecule has 2 unspecified atom stereocenters. The van der Waals surface area contributed by atoms with Crippen LogP contribution < -0.4 is 5.32 Å². The highest BCUT2D eigenvalue weighted by atomic mass is 15.2. The van der Waals surface area contributed by atoms with Gasteiger partial charge in [-0.15, -0.1) is 0 Å². The van der Waals surface area contributed by atoms with Gasteiger partial charge < -0.3 is 5.32 Å². The molecule has 0 amide bonds. The second kappa shape index (κ2) is 6.93. The molecule has 3 rings (SSSR count). The largest absolute Gasteiger partial charge is 0.311 e. The fourth-order valence-corrected chi connectivity index (χ4v) is 3.60. The minimum Gasteiger partial charge on any atom is -0.311 e. The van der Waals surface area contributed by atoms with Crippen LogP contribution in [0.5, 0.6) is 0 Å². The van der Waals surface area contributed by atoms with Gasteiger partial charge in [-0.05, 0) is 43.1 Å².